The topological polar surface area (TPSA) is 72.4 Å². The van der Waals surface area contributed by atoms with Crippen LogP contribution < -0.4 is 10.6 Å². The summed E-state index contributed by atoms with van der Waals surface area (Å²) in [6.45, 7) is 1.05. The molecule has 0 spiro atoms. The average molecular weight is 233 g/mol. The maximum Gasteiger partial charge on any atom is 0.271 e. The number of anilines is 2. The van der Waals surface area contributed by atoms with Crippen LogP contribution in [0.15, 0.2) is 18.2 Å². The van der Waals surface area contributed by atoms with Gasteiger partial charge in [0.1, 0.15) is 0 Å². The Morgan fingerprint density at radius 2 is 2.24 bits per heavy atom. The molecule has 3 rings (SSSR count). The van der Waals surface area contributed by atoms with Crippen LogP contribution in [-0.4, -0.2) is 17.5 Å². The van der Waals surface area contributed by atoms with Crippen LogP contribution in [0.25, 0.3) is 0 Å². The Morgan fingerprint density at radius 1 is 1.41 bits per heavy atom. The van der Waals surface area contributed by atoms with Gasteiger partial charge in [-0.05, 0) is 31.2 Å². The molecular weight excluding hydrogens is 218 g/mol. The van der Waals surface area contributed by atoms with Crippen molar-refractivity contribution in [3.63, 3.8) is 0 Å². The summed E-state index contributed by atoms with van der Waals surface area (Å²) in [6.07, 6.45) is 3.78. The highest BCUT2D eigenvalue weighted by Crippen LogP contribution is 2.42. The second-order valence-corrected chi connectivity index (χ2v) is 4.99. The minimum atomic E-state index is -0.406. The summed E-state index contributed by atoms with van der Waals surface area (Å²) in [7, 11) is 0. The molecule has 5 nitrogen and oxygen atoms in total. The van der Waals surface area contributed by atoms with Gasteiger partial charge in [-0.2, -0.15) is 0 Å². The molecule has 0 radical (unpaired) electrons. The minimum Gasteiger partial charge on any atom is -0.397 e. The van der Waals surface area contributed by atoms with E-state index in [0.29, 0.717) is 11.7 Å². The van der Waals surface area contributed by atoms with E-state index in [1.807, 2.05) is 0 Å². The number of non-ortho nitro benzene ring substituents is 1. The molecule has 2 atom stereocenters. The van der Waals surface area contributed by atoms with Gasteiger partial charge >= 0.3 is 0 Å². The van der Waals surface area contributed by atoms with Gasteiger partial charge in [-0.15, -0.1) is 0 Å². The number of nitrogens with two attached hydrogens (primary N) is 1. The fourth-order valence-electron chi connectivity index (χ4n) is 3.14. The van der Waals surface area contributed by atoms with Crippen LogP contribution in [0.5, 0.6) is 0 Å². The van der Waals surface area contributed by atoms with E-state index in [-0.39, 0.29) is 5.69 Å². The average Bonchev–Trinajstić information content (AvgIpc) is 2.90. The monoisotopic (exact) mass is 233 g/mol. The van der Waals surface area contributed by atoms with Crippen molar-refractivity contribution in [2.75, 3.05) is 17.2 Å². The van der Waals surface area contributed by atoms with Crippen molar-refractivity contribution in [2.45, 2.75) is 25.3 Å². The maximum atomic E-state index is 10.6. The Labute approximate surface area is 99.4 Å². The lowest BCUT2D eigenvalue weighted by atomic mass is 10.1. The molecular formula is C12H15N3O2. The zero-order chi connectivity index (χ0) is 12.0. The Balaban J connectivity index is 1.91. The van der Waals surface area contributed by atoms with Crippen LogP contribution in [0.3, 0.4) is 0 Å². The van der Waals surface area contributed by atoms with E-state index in [1.165, 1.54) is 31.4 Å². The summed E-state index contributed by atoms with van der Waals surface area (Å²) >= 11 is 0. The van der Waals surface area contributed by atoms with Crippen molar-refractivity contribution in [1.29, 1.82) is 0 Å². The summed E-state index contributed by atoms with van der Waals surface area (Å²) in [5.41, 5.74) is 7.47. The third kappa shape index (κ3) is 1.62. The molecule has 2 aliphatic rings. The quantitative estimate of drug-likeness (QED) is 0.482. The first kappa shape index (κ1) is 10.4. The van der Waals surface area contributed by atoms with E-state index < -0.39 is 4.92 Å². The van der Waals surface area contributed by atoms with Crippen molar-refractivity contribution in [3.8, 4) is 0 Å². The SMILES string of the molecule is Nc1cc([N+](=O)[O-])ccc1N1CC2CCC1C2. The Hall–Kier alpha value is -1.78. The Morgan fingerprint density at radius 3 is 2.76 bits per heavy atom. The van der Waals surface area contributed by atoms with Crippen molar-refractivity contribution in [2.24, 2.45) is 5.92 Å². The number of benzene rings is 1. The van der Waals surface area contributed by atoms with E-state index in [4.69, 9.17) is 5.73 Å². The number of nitrogen functional groups attached to an aromatic ring is 1. The van der Waals surface area contributed by atoms with Crippen LogP contribution in [0, 0.1) is 16.0 Å². The molecule has 1 aliphatic heterocycles. The zero-order valence-electron chi connectivity index (χ0n) is 9.50. The lowest BCUT2D eigenvalue weighted by Crippen LogP contribution is -2.32. The van der Waals surface area contributed by atoms with Gasteiger partial charge in [0.05, 0.1) is 16.3 Å². The van der Waals surface area contributed by atoms with Gasteiger partial charge in [-0.1, -0.05) is 0 Å². The van der Waals surface area contributed by atoms with Gasteiger partial charge in [0.2, 0.25) is 0 Å². The summed E-state index contributed by atoms with van der Waals surface area (Å²) in [5, 5.41) is 10.6. The first-order valence-electron chi connectivity index (χ1n) is 5.95. The van der Waals surface area contributed by atoms with E-state index in [2.05, 4.69) is 4.90 Å². The van der Waals surface area contributed by atoms with Crippen LogP contribution >= 0.6 is 0 Å². The molecule has 0 amide bonds. The smallest absolute Gasteiger partial charge is 0.271 e. The molecule has 1 aromatic rings. The molecule has 2 unspecified atom stereocenters. The number of piperidine rings is 1. The van der Waals surface area contributed by atoms with Crippen LogP contribution in [0.4, 0.5) is 17.1 Å². The highest BCUT2D eigenvalue weighted by Gasteiger charge is 2.38. The summed E-state index contributed by atoms with van der Waals surface area (Å²) < 4.78 is 0. The third-order valence-electron chi connectivity index (χ3n) is 3.94. The zero-order valence-corrected chi connectivity index (χ0v) is 9.50. The van der Waals surface area contributed by atoms with Crippen molar-refractivity contribution in [3.05, 3.63) is 28.3 Å². The molecule has 1 aliphatic carbocycles. The van der Waals surface area contributed by atoms with Gasteiger partial charge in [0.15, 0.2) is 0 Å². The molecule has 1 saturated carbocycles. The normalized spacial score (nSPS) is 26.5. The molecule has 2 N–H and O–H groups in total. The van der Waals surface area contributed by atoms with Gasteiger partial charge in [0.25, 0.3) is 5.69 Å². The molecule has 2 fully saturated rings. The van der Waals surface area contributed by atoms with E-state index in [1.54, 1.807) is 6.07 Å². The lowest BCUT2D eigenvalue weighted by molar-refractivity contribution is -0.384. The predicted octanol–water partition coefficient (Wildman–Crippen LogP) is 2.17. The van der Waals surface area contributed by atoms with Gasteiger partial charge in [0, 0.05) is 24.7 Å². The number of nitro groups is 1. The van der Waals surface area contributed by atoms with Gasteiger partial charge in [-0.25, -0.2) is 0 Å². The van der Waals surface area contributed by atoms with Crippen molar-refractivity contribution < 1.29 is 4.92 Å². The van der Waals surface area contributed by atoms with Crippen LogP contribution in [0.1, 0.15) is 19.3 Å². The highest BCUT2D eigenvalue weighted by molar-refractivity contribution is 5.71. The van der Waals surface area contributed by atoms with E-state index in [9.17, 15) is 10.1 Å². The maximum absolute atomic E-state index is 10.6. The first-order chi connectivity index (χ1) is 8.15. The molecule has 0 aromatic heterocycles. The van der Waals surface area contributed by atoms with E-state index >= 15 is 0 Å². The number of hydrogen-bond donors (Lipinski definition) is 1. The van der Waals surface area contributed by atoms with Crippen molar-refractivity contribution in [1.82, 2.24) is 0 Å². The fraction of sp³-hybridized carbons (Fsp3) is 0.500. The van der Waals surface area contributed by atoms with Crippen LogP contribution in [0.2, 0.25) is 0 Å². The van der Waals surface area contributed by atoms with Crippen molar-refractivity contribution >= 4 is 17.1 Å². The molecule has 1 heterocycles. The number of fused-ring (bicyclic) bond motifs is 2. The summed E-state index contributed by atoms with van der Waals surface area (Å²) in [4.78, 5) is 12.6. The predicted molar refractivity (Wildman–Crippen MR) is 66.0 cm³/mol. The number of nitrogens with zero attached hydrogens (tertiary/aromatic N) is 2. The number of hydrogen-bond acceptors (Lipinski definition) is 4. The standard InChI is InChI=1S/C12H15N3O2/c13-11-6-10(15(16)17)3-4-12(11)14-7-8-1-2-9(14)5-8/h3-4,6,8-9H,1-2,5,7,13H2. The molecule has 1 aromatic carbocycles. The second kappa shape index (κ2) is 3.61. The molecule has 17 heavy (non-hydrogen) atoms. The summed E-state index contributed by atoms with van der Waals surface area (Å²) in [5.74, 6) is 0.787. The first-order valence-corrected chi connectivity index (χ1v) is 5.95. The molecule has 5 heteroatoms. The molecule has 90 valence electrons. The number of rotatable bonds is 2. The molecule has 1 saturated heterocycles. The number of nitro benzene ring substituents is 1. The summed E-state index contributed by atoms with van der Waals surface area (Å²) in [6, 6.07) is 5.37. The molecule has 2 bridgehead atoms. The largest absolute Gasteiger partial charge is 0.397 e. The lowest BCUT2D eigenvalue weighted by Gasteiger charge is -2.30. The van der Waals surface area contributed by atoms with Gasteiger partial charge in [-0.3, -0.25) is 10.1 Å². The van der Waals surface area contributed by atoms with E-state index in [0.717, 1.165) is 18.2 Å². The second-order valence-electron chi connectivity index (χ2n) is 4.99. The highest BCUT2D eigenvalue weighted by atomic mass is 16.6. The Bertz CT molecular complexity index is 475. The fourth-order valence-corrected chi connectivity index (χ4v) is 3.14. The van der Waals surface area contributed by atoms with Crippen LogP contribution in [-0.2, 0) is 0 Å². The van der Waals surface area contributed by atoms with Gasteiger partial charge < -0.3 is 10.6 Å². The Kier molecular flexibility index (Phi) is 2.21. The third-order valence-corrected chi connectivity index (χ3v) is 3.94. The minimum absolute atomic E-state index is 0.0654.